The fourth-order valence-corrected chi connectivity index (χ4v) is 3.32. The molecule has 3 aromatic heterocycles. The highest BCUT2D eigenvalue weighted by Crippen LogP contribution is 2.21. The number of nitrogens with zero attached hydrogens (tertiary/aromatic N) is 4. The molecule has 3 heterocycles. The smallest absolute Gasteiger partial charge is 0.256 e. The summed E-state index contributed by atoms with van der Waals surface area (Å²) in [5.74, 6) is -0.256. The second-order valence-electron chi connectivity index (χ2n) is 6.28. The second-order valence-corrected chi connectivity index (χ2v) is 6.63. The van der Waals surface area contributed by atoms with Gasteiger partial charge in [0.15, 0.2) is 0 Å². The van der Waals surface area contributed by atoms with Gasteiger partial charge < -0.3 is 9.72 Å². The van der Waals surface area contributed by atoms with Gasteiger partial charge in [-0.1, -0.05) is 48.0 Å². The molecule has 0 atom stereocenters. The van der Waals surface area contributed by atoms with Crippen molar-refractivity contribution in [2.75, 3.05) is 0 Å². The molecule has 27 heavy (non-hydrogen) atoms. The Labute approximate surface area is 161 Å². The number of aryl methyl sites for hydroxylation is 1. The van der Waals surface area contributed by atoms with E-state index in [1.807, 2.05) is 65.3 Å². The van der Waals surface area contributed by atoms with Crippen LogP contribution in [0.2, 0.25) is 5.15 Å². The summed E-state index contributed by atoms with van der Waals surface area (Å²) in [5.41, 5.74) is 3.69. The van der Waals surface area contributed by atoms with Crippen LogP contribution in [0, 0.1) is 6.92 Å². The number of pyridine rings is 1. The van der Waals surface area contributed by atoms with E-state index in [2.05, 4.69) is 15.4 Å². The third-order valence-corrected chi connectivity index (χ3v) is 4.70. The number of aromatic nitrogens is 4. The topological polar surface area (TPSA) is 64.2 Å². The van der Waals surface area contributed by atoms with Crippen LogP contribution in [0.4, 0.5) is 0 Å². The minimum absolute atomic E-state index is 0.256. The van der Waals surface area contributed by atoms with Gasteiger partial charge in [-0.3, -0.25) is 4.79 Å². The van der Waals surface area contributed by atoms with E-state index in [0.29, 0.717) is 29.5 Å². The van der Waals surface area contributed by atoms with Crippen molar-refractivity contribution < 1.29 is 4.79 Å². The number of benzene rings is 1. The van der Waals surface area contributed by atoms with Gasteiger partial charge in [0.05, 0.1) is 30.0 Å². The average Bonchev–Trinajstić information content (AvgIpc) is 3.21. The molecule has 6 nitrogen and oxygen atoms in total. The van der Waals surface area contributed by atoms with Gasteiger partial charge in [0.1, 0.15) is 10.8 Å². The Kier molecular flexibility index (Phi) is 4.64. The molecule has 0 fully saturated rings. The summed E-state index contributed by atoms with van der Waals surface area (Å²) in [6, 6.07) is 15.6. The van der Waals surface area contributed by atoms with Crippen LogP contribution in [-0.2, 0) is 13.1 Å². The van der Waals surface area contributed by atoms with Crippen LogP contribution >= 0.6 is 11.6 Å². The van der Waals surface area contributed by atoms with Crippen molar-refractivity contribution in [2.45, 2.75) is 20.0 Å². The molecule has 4 aromatic rings. The summed E-state index contributed by atoms with van der Waals surface area (Å²) >= 11 is 6.44. The molecule has 7 heteroatoms. The molecular formula is C20H18ClN5O. The monoisotopic (exact) mass is 379 g/mol. The molecule has 0 radical (unpaired) electrons. The molecule has 0 aliphatic carbocycles. The molecule has 0 unspecified atom stereocenters. The van der Waals surface area contributed by atoms with E-state index in [-0.39, 0.29) is 5.91 Å². The standard InChI is InChI=1S/C20H18ClN5O/c1-14-18(19(21)26(24-14)12-15-7-3-2-4-8-15)20(27)22-11-16-13-25-10-6-5-9-17(25)23-16/h2-10,13H,11-12H2,1H3,(H,22,27). The number of fused-ring (bicyclic) bond motifs is 1. The number of carbonyl (C=O) groups excluding carboxylic acids is 1. The van der Waals surface area contributed by atoms with Gasteiger partial charge in [-0.25, -0.2) is 9.67 Å². The maximum atomic E-state index is 12.7. The predicted octanol–water partition coefficient (Wildman–Crippen LogP) is 3.47. The molecule has 136 valence electrons. The molecule has 0 saturated heterocycles. The number of carbonyl (C=O) groups is 1. The summed E-state index contributed by atoms with van der Waals surface area (Å²) in [6.45, 7) is 2.62. The van der Waals surface area contributed by atoms with E-state index in [1.54, 1.807) is 11.6 Å². The number of halogens is 1. The number of nitrogens with one attached hydrogen (secondary N) is 1. The summed E-state index contributed by atoms with van der Waals surface area (Å²) < 4.78 is 3.56. The van der Waals surface area contributed by atoms with Gasteiger partial charge in [0, 0.05) is 12.4 Å². The van der Waals surface area contributed by atoms with Crippen LogP contribution in [0.3, 0.4) is 0 Å². The van der Waals surface area contributed by atoms with Gasteiger partial charge in [0.25, 0.3) is 5.91 Å². The van der Waals surface area contributed by atoms with Crippen LogP contribution in [0.5, 0.6) is 0 Å². The SMILES string of the molecule is Cc1nn(Cc2ccccc2)c(Cl)c1C(=O)NCc1cn2ccccc2n1. The van der Waals surface area contributed by atoms with Gasteiger partial charge in [-0.05, 0) is 24.6 Å². The fraction of sp³-hybridized carbons (Fsp3) is 0.150. The first kappa shape index (κ1) is 17.3. The molecular weight excluding hydrogens is 362 g/mol. The lowest BCUT2D eigenvalue weighted by molar-refractivity contribution is 0.0950. The maximum absolute atomic E-state index is 12.7. The predicted molar refractivity (Wildman–Crippen MR) is 104 cm³/mol. The van der Waals surface area contributed by atoms with Crippen LogP contribution in [0.25, 0.3) is 5.65 Å². The molecule has 0 aliphatic heterocycles. The zero-order valence-corrected chi connectivity index (χ0v) is 15.5. The Bertz CT molecular complexity index is 1070. The Morgan fingerprint density at radius 3 is 2.70 bits per heavy atom. The Morgan fingerprint density at radius 2 is 1.93 bits per heavy atom. The first-order valence-electron chi connectivity index (χ1n) is 8.59. The van der Waals surface area contributed by atoms with Crippen molar-refractivity contribution in [1.29, 1.82) is 0 Å². The van der Waals surface area contributed by atoms with Gasteiger partial charge in [0.2, 0.25) is 0 Å². The summed E-state index contributed by atoms with van der Waals surface area (Å²) in [5, 5.41) is 7.64. The largest absolute Gasteiger partial charge is 0.346 e. The minimum atomic E-state index is -0.256. The van der Waals surface area contributed by atoms with Crippen LogP contribution < -0.4 is 5.32 Å². The zero-order chi connectivity index (χ0) is 18.8. The van der Waals surface area contributed by atoms with Gasteiger partial charge >= 0.3 is 0 Å². The van der Waals surface area contributed by atoms with Crippen molar-refractivity contribution in [3.8, 4) is 0 Å². The van der Waals surface area contributed by atoms with Crippen molar-refractivity contribution in [3.05, 3.63) is 88.6 Å². The quantitative estimate of drug-likeness (QED) is 0.577. The highest BCUT2D eigenvalue weighted by Gasteiger charge is 2.20. The van der Waals surface area contributed by atoms with Crippen molar-refractivity contribution in [2.24, 2.45) is 0 Å². The third-order valence-electron chi connectivity index (χ3n) is 4.31. The van der Waals surface area contributed by atoms with E-state index in [4.69, 9.17) is 11.6 Å². The van der Waals surface area contributed by atoms with E-state index < -0.39 is 0 Å². The van der Waals surface area contributed by atoms with E-state index in [0.717, 1.165) is 16.9 Å². The lowest BCUT2D eigenvalue weighted by Gasteiger charge is -2.05. The molecule has 4 rings (SSSR count). The van der Waals surface area contributed by atoms with Gasteiger partial charge in [-0.2, -0.15) is 5.10 Å². The Balaban J connectivity index is 1.49. The lowest BCUT2D eigenvalue weighted by Crippen LogP contribution is -2.23. The van der Waals surface area contributed by atoms with E-state index >= 15 is 0 Å². The minimum Gasteiger partial charge on any atom is -0.346 e. The summed E-state index contributed by atoms with van der Waals surface area (Å²) in [4.78, 5) is 17.1. The summed E-state index contributed by atoms with van der Waals surface area (Å²) in [6.07, 6.45) is 3.81. The molecule has 0 bridgehead atoms. The first-order valence-corrected chi connectivity index (χ1v) is 8.97. The Morgan fingerprint density at radius 1 is 1.15 bits per heavy atom. The molecule has 1 N–H and O–H groups in total. The molecule has 0 spiro atoms. The second kappa shape index (κ2) is 7.25. The highest BCUT2D eigenvalue weighted by atomic mass is 35.5. The Hall–Kier alpha value is -3.12. The number of hydrogen-bond acceptors (Lipinski definition) is 3. The van der Waals surface area contributed by atoms with Crippen LogP contribution in [0.15, 0.2) is 60.9 Å². The number of amides is 1. The highest BCUT2D eigenvalue weighted by molar-refractivity contribution is 6.33. The molecule has 1 amide bonds. The van der Waals surface area contributed by atoms with Crippen LogP contribution in [-0.4, -0.2) is 25.1 Å². The van der Waals surface area contributed by atoms with E-state index in [1.165, 1.54) is 0 Å². The zero-order valence-electron chi connectivity index (χ0n) is 14.8. The molecule has 0 saturated carbocycles. The third kappa shape index (κ3) is 3.57. The fourth-order valence-electron chi connectivity index (χ4n) is 3.00. The van der Waals surface area contributed by atoms with Crippen molar-refractivity contribution in [1.82, 2.24) is 24.5 Å². The number of rotatable bonds is 5. The van der Waals surface area contributed by atoms with Crippen molar-refractivity contribution in [3.63, 3.8) is 0 Å². The number of hydrogen-bond donors (Lipinski definition) is 1. The van der Waals surface area contributed by atoms with E-state index in [9.17, 15) is 4.79 Å². The normalized spacial score (nSPS) is 11.0. The molecule has 0 aliphatic rings. The maximum Gasteiger partial charge on any atom is 0.256 e. The van der Waals surface area contributed by atoms with Crippen molar-refractivity contribution >= 4 is 23.2 Å². The summed E-state index contributed by atoms with van der Waals surface area (Å²) in [7, 11) is 0. The molecule has 1 aromatic carbocycles. The van der Waals surface area contributed by atoms with Gasteiger partial charge in [-0.15, -0.1) is 0 Å². The first-order chi connectivity index (χ1) is 13.1. The lowest BCUT2D eigenvalue weighted by atomic mass is 10.2. The number of imidazole rings is 1. The van der Waals surface area contributed by atoms with Crippen LogP contribution in [0.1, 0.15) is 27.3 Å². The average molecular weight is 380 g/mol.